The highest BCUT2D eigenvalue weighted by Gasteiger charge is 2.02. The summed E-state index contributed by atoms with van der Waals surface area (Å²) < 4.78 is 0. The van der Waals surface area contributed by atoms with Gasteiger partial charge in [0.25, 0.3) is 0 Å². The van der Waals surface area contributed by atoms with E-state index >= 15 is 0 Å². The molecule has 0 atom stereocenters. The van der Waals surface area contributed by atoms with E-state index in [4.69, 9.17) is 10.8 Å². The van der Waals surface area contributed by atoms with E-state index in [-0.39, 0.29) is 6.61 Å². The Hall–Kier alpha value is -2.53. The van der Waals surface area contributed by atoms with Gasteiger partial charge in [0.15, 0.2) is 0 Å². The van der Waals surface area contributed by atoms with E-state index in [0.717, 1.165) is 28.1 Å². The second-order valence-electron chi connectivity index (χ2n) is 4.69. The normalized spacial score (nSPS) is 10.8. The molecule has 0 saturated heterocycles. The van der Waals surface area contributed by atoms with Crippen molar-refractivity contribution in [2.24, 2.45) is 0 Å². The monoisotopic (exact) mass is 268 g/mol. The number of rotatable bonds is 4. The zero-order chi connectivity index (χ0) is 13.9. The first-order valence-electron chi connectivity index (χ1n) is 6.42. The van der Waals surface area contributed by atoms with Crippen molar-refractivity contribution < 1.29 is 5.11 Å². The summed E-state index contributed by atoms with van der Waals surface area (Å²) in [5.41, 5.74) is 10.3. The number of nitrogen functional groups attached to an aromatic ring is 1. The van der Waals surface area contributed by atoms with Crippen LogP contribution < -0.4 is 11.1 Å². The fourth-order valence-electron chi connectivity index (χ4n) is 2.06. The SMILES string of the molecule is Nc1ccc2nc(NCc3ccc(CO)cc3)[nH]c2c1. The quantitative estimate of drug-likeness (QED) is 0.547. The van der Waals surface area contributed by atoms with Crippen LogP contribution in [-0.4, -0.2) is 15.1 Å². The number of nitrogens with zero attached hydrogens (tertiary/aromatic N) is 1. The lowest BCUT2D eigenvalue weighted by Gasteiger charge is -2.03. The molecule has 3 rings (SSSR count). The number of aromatic nitrogens is 2. The van der Waals surface area contributed by atoms with Crippen molar-refractivity contribution in [2.75, 3.05) is 11.1 Å². The van der Waals surface area contributed by atoms with Crippen LogP contribution in [0, 0.1) is 0 Å². The lowest BCUT2D eigenvalue weighted by molar-refractivity contribution is 0.282. The van der Waals surface area contributed by atoms with E-state index < -0.39 is 0 Å². The number of fused-ring (bicyclic) bond motifs is 1. The number of aromatic amines is 1. The molecule has 0 unspecified atom stereocenters. The zero-order valence-electron chi connectivity index (χ0n) is 10.9. The van der Waals surface area contributed by atoms with Gasteiger partial charge in [0.2, 0.25) is 5.95 Å². The Morgan fingerprint density at radius 1 is 1.10 bits per heavy atom. The molecule has 5 heteroatoms. The Balaban J connectivity index is 1.72. The molecule has 0 radical (unpaired) electrons. The van der Waals surface area contributed by atoms with Crippen molar-refractivity contribution in [3.63, 3.8) is 0 Å². The summed E-state index contributed by atoms with van der Waals surface area (Å²) in [4.78, 5) is 7.63. The molecule has 0 aliphatic rings. The summed E-state index contributed by atoms with van der Waals surface area (Å²) in [6.45, 7) is 0.736. The van der Waals surface area contributed by atoms with Gasteiger partial charge in [-0.2, -0.15) is 0 Å². The summed E-state index contributed by atoms with van der Waals surface area (Å²) in [5, 5.41) is 12.2. The molecule has 0 fully saturated rings. The molecule has 5 N–H and O–H groups in total. The van der Waals surface area contributed by atoms with Crippen molar-refractivity contribution in [3.05, 3.63) is 53.6 Å². The van der Waals surface area contributed by atoms with Crippen LogP contribution in [0.15, 0.2) is 42.5 Å². The molecule has 102 valence electrons. The van der Waals surface area contributed by atoms with E-state index in [1.54, 1.807) is 0 Å². The number of hydrogen-bond acceptors (Lipinski definition) is 4. The third-order valence-corrected chi connectivity index (χ3v) is 3.17. The summed E-state index contributed by atoms with van der Waals surface area (Å²) in [5.74, 6) is 0.719. The fourth-order valence-corrected chi connectivity index (χ4v) is 2.06. The molecular weight excluding hydrogens is 252 g/mol. The van der Waals surface area contributed by atoms with Crippen LogP contribution >= 0.6 is 0 Å². The van der Waals surface area contributed by atoms with Gasteiger partial charge in [-0.1, -0.05) is 24.3 Å². The van der Waals surface area contributed by atoms with E-state index in [0.29, 0.717) is 12.2 Å². The molecule has 3 aromatic rings. The van der Waals surface area contributed by atoms with Crippen molar-refractivity contribution in [3.8, 4) is 0 Å². The standard InChI is InChI=1S/C15H16N4O/c16-12-5-6-13-14(7-12)19-15(18-13)17-8-10-1-3-11(9-20)4-2-10/h1-7,20H,8-9,16H2,(H2,17,18,19). The van der Waals surface area contributed by atoms with Crippen molar-refractivity contribution in [2.45, 2.75) is 13.2 Å². The predicted octanol–water partition coefficient (Wildman–Crippen LogP) is 2.25. The number of anilines is 2. The smallest absolute Gasteiger partial charge is 0.201 e. The molecule has 2 aromatic carbocycles. The minimum Gasteiger partial charge on any atom is -0.399 e. The number of benzene rings is 2. The Morgan fingerprint density at radius 3 is 2.60 bits per heavy atom. The number of aliphatic hydroxyl groups is 1. The van der Waals surface area contributed by atoms with Gasteiger partial charge >= 0.3 is 0 Å². The first-order valence-corrected chi connectivity index (χ1v) is 6.42. The third-order valence-electron chi connectivity index (χ3n) is 3.17. The average molecular weight is 268 g/mol. The number of aliphatic hydroxyl groups excluding tert-OH is 1. The zero-order valence-corrected chi connectivity index (χ0v) is 10.9. The van der Waals surface area contributed by atoms with Crippen LogP contribution in [0.3, 0.4) is 0 Å². The number of H-pyrrole nitrogens is 1. The summed E-state index contributed by atoms with van der Waals surface area (Å²) >= 11 is 0. The molecule has 0 bridgehead atoms. The van der Waals surface area contributed by atoms with Gasteiger partial charge in [0.1, 0.15) is 0 Å². The maximum atomic E-state index is 9.00. The lowest BCUT2D eigenvalue weighted by atomic mass is 10.1. The van der Waals surface area contributed by atoms with Gasteiger partial charge in [-0.05, 0) is 29.3 Å². The highest BCUT2D eigenvalue weighted by Crippen LogP contribution is 2.17. The van der Waals surface area contributed by atoms with Gasteiger partial charge in [-0.3, -0.25) is 0 Å². The maximum absolute atomic E-state index is 9.00. The molecule has 1 aromatic heterocycles. The number of hydrogen-bond donors (Lipinski definition) is 4. The van der Waals surface area contributed by atoms with Crippen LogP contribution in [0.5, 0.6) is 0 Å². The molecule has 20 heavy (non-hydrogen) atoms. The van der Waals surface area contributed by atoms with E-state index in [1.165, 1.54) is 0 Å². The largest absolute Gasteiger partial charge is 0.399 e. The average Bonchev–Trinajstić information content (AvgIpc) is 2.87. The first kappa shape index (κ1) is 12.5. The summed E-state index contributed by atoms with van der Waals surface area (Å²) in [6, 6.07) is 13.4. The van der Waals surface area contributed by atoms with Crippen LogP contribution in [-0.2, 0) is 13.2 Å². The van der Waals surface area contributed by atoms with Crippen LogP contribution in [0.4, 0.5) is 11.6 Å². The predicted molar refractivity (Wildman–Crippen MR) is 80.2 cm³/mol. The molecule has 0 saturated carbocycles. The highest BCUT2D eigenvalue weighted by molar-refractivity contribution is 5.80. The van der Waals surface area contributed by atoms with Crippen LogP contribution in [0.2, 0.25) is 0 Å². The third kappa shape index (κ3) is 2.57. The number of imidazole rings is 1. The Kier molecular flexibility index (Phi) is 3.26. The molecule has 0 aliphatic heterocycles. The van der Waals surface area contributed by atoms with E-state index in [9.17, 15) is 0 Å². The minimum atomic E-state index is 0.0682. The van der Waals surface area contributed by atoms with Crippen molar-refractivity contribution in [1.29, 1.82) is 0 Å². The Morgan fingerprint density at radius 2 is 1.85 bits per heavy atom. The summed E-state index contributed by atoms with van der Waals surface area (Å²) in [6.07, 6.45) is 0. The van der Waals surface area contributed by atoms with E-state index in [2.05, 4.69) is 15.3 Å². The molecule has 0 aliphatic carbocycles. The van der Waals surface area contributed by atoms with Gasteiger partial charge in [-0.15, -0.1) is 0 Å². The van der Waals surface area contributed by atoms with Gasteiger partial charge in [-0.25, -0.2) is 4.98 Å². The van der Waals surface area contributed by atoms with Gasteiger partial charge in [0.05, 0.1) is 17.6 Å². The first-order chi connectivity index (χ1) is 9.74. The van der Waals surface area contributed by atoms with Gasteiger partial charge < -0.3 is 21.1 Å². The maximum Gasteiger partial charge on any atom is 0.201 e. The van der Waals surface area contributed by atoms with Crippen molar-refractivity contribution in [1.82, 2.24) is 9.97 Å². The summed E-state index contributed by atoms with van der Waals surface area (Å²) in [7, 11) is 0. The Bertz CT molecular complexity index is 718. The second kappa shape index (κ2) is 5.22. The molecule has 0 spiro atoms. The van der Waals surface area contributed by atoms with E-state index in [1.807, 2.05) is 42.5 Å². The molecule has 1 heterocycles. The Labute approximate surface area is 116 Å². The minimum absolute atomic E-state index is 0.0682. The van der Waals surface area contributed by atoms with Gasteiger partial charge in [0, 0.05) is 12.2 Å². The molecular formula is C15H16N4O. The number of nitrogens with two attached hydrogens (primary N) is 1. The second-order valence-corrected chi connectivity index (χ2v) is 4.69. The molecule has 5 nitrogen and oxygen atoms in total. The lowest BCUT2D eigenvalue weighted by Crippen LogP contribution is -2.00. The molecule has 0 amide bonds. The van der Waals surface area contributed by atoms with Crippen LogP contribution in [0.1, 0.15) is 11.1 Å². The number of nitrogens with one attached hydrogen (secondary N) is 2. The fraction of sp³-hybridized carbons (Fsp3) is 0.133. The van der Waals surface area contributed by atoms with Crippen molar-refractivity contribution >= 4 is 22.7 Å². The highest BCUT2D eigenvalue weighted by atomic mass is 16.3. The van der Waals surface area contributed by atoms with Crippen LogP contribution in [0.25, 0.3) is 11.0 Å². The topological polar surface area (TPSA) is 87.0 Å².